The van der Waals surface area contributed by atoms with Gasteiger partial charge in [0.25, 0.3) is 0 Å². The van der Waals surface area contributed by atoms with E-state index in [1.165, 1.54) is 0 Å². The molecule has 1 rings (SSSR count). The van der Waals surface area contributed by atoms with Crippen LogP contribution in [0, 0.1) is 0 Å². The quantitative estimate of drug-likeness (QED) is 0.580. The molecular formula is C8H14FNO3. The van der Waals surface area contributed by atoms with Crippen molar-refractivity contribution in [1.29, 1.82) is 0 Å². The second-order valence-corrected chi connectivity index (χ2v) is 3.33. The molecule has 1 amide bonds. The molecule has 0 bridgehead atoms. The van der Waals surface area contributed by atoms with E-state index in [1.807, 2.05) is 0 Å². The zero-order valence-corrected chi connectivity index (χ0v) is 7.32. The highest BCUT2D eigenvalue weighted by molar-refractivity contribution is 5.50. The molecule has 1 saturated heterocycles. The molecule has 13 heavy (non-hydrogen) atoms. The van der Waals surface area contributed by atoms with Crippen molar-refractivity contribution in [3.05, 3.63) is 0 Å². The SMILES string of the molecule is O=CN1CCCC(F)C1(CO)CO. The molecule has 1 heterocycles. The van der Waals surface area contributed by atoms with E-state index in [9.17, 15) is 9.18 Å². The van der Waals surface area contributed by atoms with Crippen molar-refractivity contribution in [2.75, 3.05) is 19.8 Å². The topological polar surface area (TPSA) is 60.8 Å². The minimum atomic E-state index is -1.40. The summed E-state index contributed by atoms with van der Waals surface area (Å²) in [6.45, 7) is -0.683. The normalized spacial score (nSPS) is 27.3. The highest BCUT2D eigenvalue weighted by atomic mass is 19.1. The largest absolute Gasteiger partial charge is 0.394 e. The fourth-order valence-electron chi connectivity index (χ4n) is 1.70. The van der Waals surface area contributed by atoms with Crippen LogP contribution in [0.25, 0.3) is 0 Å². The molecule has 1 fully saturated rings. The predicted molar refractivity (Wildman–Crippen MR) is 43.8 cm³/mol. The third kappa shape index (κ3) is 1.53. The van der Waals surface area contributed by atoms with Gasteiger partial charge in [0.05, 0.1) is 13.2 Å². The molecule has 1 unspecified atom stereocenters. The Morgan fingerprint density at radius 2 is 2.15 bits per heavy atom. The first-order valence-corrected chi connectivity index (χ1v) is 4.29. The molecule has 0 aromatic heterocycles. The lowest BCUT2D eigenvalue weighted by Gasteiger charge is -2.44. The number of piperidine rings is 1. The molecular weight excluding hydrogens is 177 g/mol. The Balaban J connectivity index is 2.87. The number of halogens is 1. The Bertz CT molecular complexity index is 184. The number of hydrogen-bond acceptors (Lipinski definition) is 3. The van der Waals surface area contributed by atoms with E-state index in [0.29, 0.717) is 19.4 Å². The van der Waals surface area contributed by atoms with Crippen LogP contribution >= 0.6 is 0 Å². The maximum atomic E-state index is 13.4. The van der Waals surface area contributed by atoms with Gasteiger partial charge in [-0.25, -0.2) is 4.39 Å². The Hall–Kier alpha value is -0.680. The van der Waals surface area contributed by atoms with E-state index in [0.717, 1.165) is 4.90 Å². The van der Waals surface area contributed by atoms with Gasteiger partial charge in [-0.2, -0.15) is 0 Å². The lowest BCUT2D eigenvalue weighted by Crippen LogP contribution is -2.62. The molecule has 1 aliphatic heterocycles. The Labute approximate surface area is 76.0 Å². The molecule has 0 aromatic rings. The summed E-state index contributed by atoms with van der Waals surface area (Å²) in [5.41, 5.74) is -1.40. The van der Waals surface area contributed by atoms with E-state index in [2.05, 4.69) is 0 Å². The van der Waals surface area contributed by atoms with E-state index >= 15 is 0 Å². The highest BCUT2D eigenvalue weighted by Crippen LogP contribution is 2.29. The number of aliphatic hydroxyl groups is 2. The molecule has 0 radical (unpaired) electrons. The summed E-state index contributed by atoms with van der Waals surface area (Å²) in [6, 6.07) is 0. The van der Waals surface area contributed by atoms with Crippen molar-refractivity contribution < 1.29 is 19.4 Å². The van der Waals surface area contributed by atoms with Gasteiger partial charge in [0, 0.05) is 6.54 Å². The standard InChI is InChI=1S/C8H14FNO3/c9-7-2-1-3-10(6-13)8(7,4-11)5-12/h6-7,11-12H,1-5H2. The van der Waals surface area contributed by atoms with Gasteiger partial charge < -0.3 is 15.1 Å². The maximum Gasteiger partial charge on any atom is 0.210 e. The fourth-order valence-corrected chi connectivity index (χ4v) is 1.70. The zero-order valence-electron chi connectivity index (χ0n) is 7.32. The van der Waals surface area contributed by atoms with Crippen LogP contribution in [0.2, 0.25) is 0 Å². The number of carbonyl (C=O) groups excluding carboxylic acids is 1. The molecule has 76 valence electrons. The van der Waals surface area contributed by atoms with Gasteiger partial charge >= 0.3 is 0 Å². The minimum absolute atomic E-state index is 0.283. The van der Waals surface area contributed by atoms with Gasteiger partial charge in [-0.1, -0.05) is 0 Å². The molecule has 1 atom stereocenters. The third-order valence-corrected chi connectivity index (χ3v) is 2.69. The number of aliphatic hydroxyl groups excluding tert-OH is 2. The first kappa shape index (κ1) is 10.4. The lowest BCUT2D eigenvalue weighted by molar-refractivity contribution is -0.139. The van der Waals surface area contributed by atoms with Crippen LogP contribution in [-0.4, -0.2) is 53.0 Å². The average Bonchev–Trinajstić information content (AvgIpc) is 2.18. The van der Waals surface area contributed by atoms with Crippen LogP contribution in [0.15, 0.2) is 0 Å². The highest BCUT2D eigenvalue weighted by Gasteiger charge is 2.45. The number of carbonyl (C=O) groups is 1. The van der Waals surface area contributed by atoms with E-state index in [1.54, 1.807) is 0 Å². The van der Waals surface area contributed by atoms with Crippen molar-refractivity contribution in [3.63, 3.8) is 0 Å². The molecule has 1 aliphatic rings. The van der Waals surface area contributed by atoms with Crippen LogP contribution in [0.3, 0.4) is 0 Å². The van der Waals surface area contributed by atoms with Crippen LogP contribution in [0.4, 0.5) is 4.39 Å². The second-order valence-electron chi connectivity index (χ2n) is 3.33. The number of amides is 1. The van der Waals surface area contributed by atoms with Gasteiger partial charge in [0.2, 0.25) is 6.41 Å². The average molecular weight is 191 g/mol. The molecule has 0 aromatic carbocycles. The number of likely N-dealkylation sites (tertiary alicyclic amines) is 1. The van der Waals surface area contributed by atoms with E-state index < -0.39 is 24.9 Å². The van der Waals surface area contributed by atoms with Crippen molar-refractivity contribution in [1.82, 2.24) is 4.90 Å². The Morgan fingerprint density at radius 1 is 1.54 bits per heavy atom. The zero-order chi connectivity index (χ0) is 9.90. The van der Waals surface area contributed by atoms with Gasteiger partial charge in [0.15, 0.2) is 0 Å². The molecule has 0 aliphatic carbocycles. The van der Waals surface area contributed by atoms with Crippen molar-refractivity contribution in [3.8, 4) is 0 Å². The summed E-state index contributed by atoms with van der Waals surface area (Å²) in [7, 11) is 0. The monoisotopic (exact) mass is 191 g/mol. The summed E-state index contributed by atoms with van der Waals surface area (Å²) in [5, 5.41) is 18.0. The van der Waals surface area contributed by atoms with Gasteiger partial charge in [-0.05, 0) is 12.8 Å². The van der Waals surface area contributed by atoms with Gasteiger partial charge in [-0.15, -0.1) is 0 Å². The summed E-state index contributed by atoms with van der Waals surface area (Å²) in [5.74, 6) is 0. The molecule has 4 nitrogen and oxygen atoms in total. The number of nitrogens with zero attached hydrogens (tertiary/aromatic N) is 1. The summed E-state index contributed by atoms with van der Waals surface area (Å²) < 4.78 is 13.4. The van der Waals surface area contributed by atoms with Gasteiger partial charge in [0.1, 0.15) is 11.7 Å². The molecule has 5 heteroatoms. The minimum Gasteiger partial charge on any atom is -0.394 e. The van der Waals surface area contributed by atoms with Crippen LogP contribution < -0.4 is 0 Å². The third-order valence-electron chi connectivity index (χ3n) is 2.69. The second kappa shape index (κ2) is 4.02. The first-order chi connectivity index (χ1) is 6.21. The number of alkyl halides is 1. The van der Waals surface area contributed by atoms with Crippen LogP contribution in [0.1, 0.15) is 12.8 Å². The Kier molecular flexibility index (Phi) is 3.22. The summed E-state index contributed by atoms with van der Waals surface area (Å²) >= 11 is 0. The van der Waals surface area contributed by atoms with E-state index in [-0.39, 0.29) is 6.42 Å². The van der Waals surface area contributed by atoms with Gasteiger partial charge in [-0.3, -0.25) is 4.79 Å². The lowest BCUT2D eigenvalue weighted by atomic mass is 9.86. The summed E-state index contributed by atoms with van der Waals surface area (Å²) in [6.07, 6.45) is -0.00729. The first-order valence-electron chi connectivity index (χ1n) is 4.29. The van der Waals surface area contributed by atoms with Crippen LogP contribution in [0.5, 0.6) is 0 Å². The molecule has 2 N–H and O–H groups in total. The Morgan fingerprint density at radius 3 is 2.54 bits per heavy atom. The summed E-state index contributed by atoms with van der Waals surface area (Å²) in [4.78, 5) is 11.7. The van der Waals surface area contributed by atoms with Crippen molar-refractivity contribution in [2.24, 2.45) is 0 Å². The maximum absolute atomic E-state index is 13.4. The number of hydrogen-bond donors (Lipinski definition) is 2. The van der Waals surface area contributed by atoms with Crippen molar-refractivity contribution >= 4 is 6.41 Å². The fraction of sp³-hybridized carbons (Fsp3) is 0.875. The smallest absolute Gasteiger partial charge is 0.210 e. The molecule has 0 spiro atoms. The van der Waals surface area contributed by atoms with E-state index in [4.69, 9.17) is 10.2 Å². The van der Waals surface area contributed by atoms with Crippen molar-refractivity contribution in [2.45, 2.75) is 24.6 Å². The predicted octanol–water partition coefficient (Wildman–Crippen LogP) is -0.700. The molecule has 0 saturated carbocycles. The van der Waals surface area contributed by atoms with Crippen LogP contribution in [-0.2, 0) is 4.79 Å². The number of rotatable bonds is 3.